The molecule has 0 saturated heterocycles. The van der Waals surface area contributed by atoms with Crippen molar-refractivity contribution in [3.05, 3.63) is 56.3 Å². The second-order valence-electron chi connectivity index (χ2n) is 4.47. The number of nitrogens with one attached hydrogen (secondary N) is 1. The third-order valence-electron chi connectivity index (χ3n) is 3.03. The average Bonchev–Trinajstić information content (AvgIpc) is 2.44. The third-order valence-corrected chi connectivity index (χ3v) is 4.56. The third kappa shape index (κ3) is 2.78. The van der Waals surface area contributed by atoms with Crippen molar-refractivity contribution in [2.24, 2.45) is 0 Å². The van der Waals surface area contributed by atoms with Crippen molar-refractivity contribution < 1.29 is 0 Å². The Bertz CT molecular complexity index is 789. The minimum absolute atomic E-state index is 0.823. The van der Waals surface area contributed by atoms with Crippen molar-refractivity contribution in [3.8, 4) is 0 Å². The Labute approximate surface area is 139 Å². The van der Waals surface area contributed by atoms with E-state index in [1.807, 2.05) is 18.2 Å². The van der Waals surface area contributed by atoms with Crippen LogP contribution in [0.3, 0.4) is 0 Å². The summed E-state index contributed by atoms with van der Waals surface area (Å²) >= 11 is 5.84. The highest BCUT2D eigenvalue weighted by Gasteiger charge is 2.05. The fraction of sp³-hybridized carbons (Fsp3) is 0.0667. The first kappa shape index (κ1) is 13.8. The molecule has 100 valence electrons. The summed E-state index contributed by atoms with van der Waals surface area (Å²) in [6.45, 7) is 2.07. The normalized spacial score (nSPS) is 10.8. The molecule has 0 spiro atoms. The summed E-state index contributed by atoms with van der Waals surface area (Å²) in [5, 5.41) is 4.38. The van der Waals surface area contributed by atoms with Gasteiger partial charge in [-0.2, -0.15) is 0 Å². The van der Waals surface area contributed by atoms with Gasteiger partial charge in [0.05, 0.1) is 5.52 Å². The molecule has 2 aromatic carbocycles. The molecule has 0 fully saturated rings. The van der Waals surface area contributed by atoms with E-state index in [1.54, 1.807) is 6.33 Å². The van der Waals surface area contributed by atoms with Gasteiger partial charge < -0.3 is 5.32 Å². The topological polar surface area (TPSA) is 37.8 Å². The molecular weight excluding hydrogens is 429 g/mol. The van der Waals surface area contributed by atoms with Gasteiger partial charge in [-0.25, -0.2) is 9.97 Å². The molecule has 0 aliphatic heterocycles. The Hall–Kier alpha value is -1.21. The number of halogens is 2. The summed E-state index contributed by atoms with van der Waals surface area (Å²) in [4.78, 5) is 8.65. The van der Waals surface area contributed by atoms with E-state index < -0.39 is 0 Å². The van der Waals surface area contributed by atoms with E-state index in [0.29, 0.717) is 0 Å². The van der Waals surface area contributed by atoms with Gasteiger partial charge in [0.25, 0.3) is 0 Å². The largest absolute Gasteiger partial charge is 0.340 e. The lowest BCUT2D eigenvalue weighted by atomic mass is 10.2. The van der Waals surface area contributed by atoms with Crippen LogP contribution < -0.4 is 5.32 Å². The lowest BCUT2D eigenvalue weighted by Crippen LogP contribution is -1.96. The quantitative estimate of drug-likeness (QED) is 0.568. The average molecular weight is 440 g/mol. The first-order chi connectivity index (χ1) is 9.63. The van der Waals surface area contributed by atoms with Gasteiger partial charge in [0.15, 0.2) is 0 Å². The van der Waals surface area contributed by atoms with Crippen LogP contribution in [-0.4, -0.2) is 9.97 Å². The van der Waals surface area contributed by atoms with Crippen molar-refractivity contribution in [2.45, 2.75) is 6.92 Å². The number of aromatic nitrogens is 2. The van der Waals surface area contributed by atoms with E-state index in [2.05, 4.69) is 78.9 Å². The number of rotatable bonds is 2. The number of nitrogens with zero attached hydrogens (tertiary/aromatic N) is 2. The number of benzene rings is 2. The molecule has 0 bridgehead atoms. The second kappa shape index (κ2) is 5.65. The van der Waals surface area contributed by atoms with Crippen molar-refractivity contribution in [2.75, 3.05) is 5.32 Å². The van der Waals surface area contributed by atoms with Crippen LogP contribution in [-0.2, 0) is 0 Å². The van der Waals surface area contributed by atoms with E-state index in [-0.39, 0.29) is 0 Å². The molecule has 5 heteroatoms. The van der Waals surface area contributed by atoms with Gasteiger partial charge in [-0.15, -0.1) is 0 Å². The van der Waals surface area contributed by atoms with Gasteiger partial charge in [0.1, 0.15) is 12.1 Å². The molecule has 3 aromatic rings. The molecule has 0 unspecified atom stereocenters. The number of fused-ring (bicyclic) bond motifs is 1. The van der Waals surface area contributed by atoms with Crippen LogP contribution in [0.15, 0.2) is 47.2 Å². The Kier molecular flexibility index (Phi) is 3.89. The van der Waals surface area contributed by atoms with Crippen molar-refractivity contribution >= 4 is 60.9 Å². The Morgan fingerprint density at radius 2 is 1.95 bits per heavy atom. The van der Waals surface area contributed by atoms with Gasteiger partial charge in [-0.3, -0.25) is 0 Å². The standard InChI is InChI=1S/C15H11BrIN3/c1-9-2-4-11(7-13(9)16)20-15-12-6-10(17)3-5-14(12)18-8-19-15/h2-8H,1H3,(H,18,19,20). The lowest BCUT2D eigenvalue weighted by Gasteiger charge is -2.09. The zero-order valence-electron chi connectivity index (χ0n) is 10.7. The van der Waals surface area contributed by atoms with Crippen molar-refractivity contribution in [1.82, 2.24) is 9.97 Å². The molecule has 1 N–H and O–H groups in total. The number of hydrogen-bond acceptors (Lipinski definition) is 3. The number of hydrogen-bond donors (Lipinski definition) is 1. The molecule has 0 aliphatic rings. The van der Waals surface area contributed by atoms with Crippen molar-refractivity contribution in [1.29, 1.82) is 0 Å². The smallest absolute Gasteiger partial charge is 0.141 e. The first-order valence-electron chi connectivity index (χ1n) is 6.07. The summed E-state index contributed by atoms with van der Waals surface area (Å²) in [5.41, 5.74) is 3.15. The Morgan fingerprint density at radius 1 is 1.10 bits per heavy atom. The van der Waals surface area contributed by atoms with Gasteiger partial charge in [0, 0.05) is 19.1 Å². The van der Waals surface area contributed by atoms with Crippen LogP contribution in [0.5, 0.6) is 0 Å². The van der Waals surface area contributed by atoms with E-state index >= 15 is 0 Å². The maximum absolute atomic E-state index is 4.35. The SMILES string of the molecule is Cc1ccc(Nc2ncnc3ccc(I)cc23)cc1Br. The van der Waals surface area contributed by atoms with Crippen LogP contribution in [0.25, 0.3) is 10.9 Å². The highest BCUT2D eigenvalue weighted by molar-refractivity contribution is 14.1. The van der Waals surface area contributed by atoms with Gasteiger partial charge >= 0.3 is 0 Å². The van der Waals surface area contributed by atoms with Gasteiger partial charge in [0.2, 0.25) is 0 Å². The van der Waals surface area contributed by atoms with E-state index in [1.165, 1.54) is 5.56 Å². The summed E-state index contributed by atoms with van der Waals surface area (Å²) in [6, 6.07) is 12.3. The predicted molar refractivity (Wildman–Crippen MR) is 94.4 cm³/mol. The fourth-order valence-corrected chi connectivity index (χ4v) is 2.81. The minimum atomic E-state index is 0.823. The van der Waals surface area contributed by atoms with E-state index in [9.17, 15) is 0 Å². The van der Waals surface area contributed by atoms with Crippen LogP contribution >= 0.6 is 38.5 Å². The van der Waals surface area contributed by atoms with Crippen LogP contribution in [0.2, 0.25) is 0 Å². The highest BCUT2D eigenvalue weighted by atomic mass is 127. The Balaban J connectivity index is 2.05. The van der Waals surface area contributed by atoms with Crippen LogP contribution in [0.4, 0.5) is 11.5 Å². The number of aryl methyl sites for hydroxylation is 1. The zero-order valence-corrected chi connectivity index (χ0v) is 14.4. The summed E-state index contributed by atoms with van der Waals surface area (Å²) < 4.78 is 2.24. The molecule has 0 saturated carbocycles. The van der Waals surface area contributed by atoms with E-state index in [4.69, 9.17) is 0 Å². The van der Waals surface area contributed by atoms with Gasteiger partial charge in [-0.1, -0.05) is 22.0 Å². The zero-order chi connectivity index (χ0) is 14.1. The van der Waals surface area contributed by atoms with E-state index in [0.717, 1.165) is 30.5 Å². The molecule has 0 atom stereocenters. The molecule has 0 aliphatic carbocycles. The fourth-order valence-electron chi connectivity index (χ4n) is 1.94. The molecule has 0 amide bonds. The predicted octanol–water partition coefficient (Wildman–Crippen LogP) is 5.05. The first-order valence-corrected chi connectivity index (χ1v) is 7.94. The molecule has 1 aromatic heterocycles. The van der Waals surface area contributed by atoms with Crippen LogP contribution in [0, 0.1) is 10.5 Å². The van der Waals surface area contributed by atoms with Crippen molar-refractivity contribution in [3.63, 3.8) is 0 Å². The molecular formula is C15H11BrIN3. The molecule has 0 radical (unpaired) electrons. The molecule has 1 heterocycles. The molecule has 3 nitrogen and oxygen atoms in total. The summed E-state index contributed by atoms with van der Waals surface area (Å²) in [5.74, 6) is 0.823. The minimum Gasteiger partial charge on any atom is -0.340 e. The molecule has 20 heavy (non-hydrogen) atoms. The highest BCUT2D eigenvalue weighted by Crippen LogP contribution is 2.27. The monoisotopic (exact) mass is 439 g/mol. The van der Waals surface area contributed by atoms with Crippen LogP contribution in [0.1, 0.15) is 5.56 Å². The number of anilines is 2. The lowest BCUT2D eigenvalue weighted by molar-refractivity contribution is 1.22. The second-order valence-corrected chi connectivity index (χ2v) is 6.57. The Morgan fingerprint density at radius 3 is 2.75 bits per heavy atom. The summed E-state index contributed by atoms with van der Waals surface area (Å²) in [7, 11) is 0. The molecule has 3 rings (SSSR count). The summed E-state index contributed by atoms with van der Waals surface area (Å²) in [6.07, 6.45) is 1.58. The maximum atomic E-state index is 4.35. The van der Waals surface area contributed by atoms with Gasteiger partial charge in [-0.05, 0) is 65.4 Å². The maximum Gasteiger partial charge on any atom is 0.141 e.